The van der Waals surface area contributed by atoms with Gasteiger partial charge < -0.3 is 0 Å². The molecule has 0 spiro atoms. The second-order valence-electron chi connectivity index (χ2n) is 8.21. The van der Waals surface area contributed by atoms with Crippen LogP contribution < -0.4 is 0 Å². The van der Waals surface area contributed by atoms with Crippen molar-refractivity contribution in [2.24, 2.45) is 29.6 Å². The van der Waals surface area contributed by atoms with E-state index in [4.69, 9.17) is 0 Å². The monoisotopic (exact) mass is 268 g/mol. The molecule has 0 N–H and O–H groups in total. The summed E-state index contributed by atoms with van der Waals surface area (Å²) < 4.78 is 0. The number of hydrogen-bond donors (Lipinski definition) is 0. The molecule has 0 saturated heterocycles. The summed E-state index contributed by atoms with van der Waals surface area (Å²) in [6, 6.07) is 8.39. The van der Waals surface area contributed by atoms with Crippen LogP contribution in [0.25, 0.3) is 0 Å². The van der Waals surface area contributed by atoms with Crippen LogP contribution in [-0.4, -0.2) is 5.78 Å². The van der Waals surface area contributed by atoms with Crippen LogP contribution in [0.4, 0.5) is 0 Å². The number of carbonyl (C=O) groups is 1. The van der Waals surface area contributed by atoms with Gasteiger partial charge in [-0.3, -0.25) is 4.79 Å². The predicted octanol–water partition coefficient (Wildman–Crippen LogP) is 4.46. The molecule has 1 aromatic carbocycles. The molecule has 0 heterocycles. The van der Waals surface area contributed by atoms with Gasteiger partial charge in [0, 0.05) is 11.5 Å². The largest absolute Gasteiger partial charge is 0.294 e. The Morgan fingerprint density at radius 3 is 2.05 bits per heavy atom. The first kappa shape index (κ1) is 12.6. The van der Waals surface area contributed by atoms with Gasteiger partial charge >= 0.3 is 0 Å². The molecule has 0 aromatic heterocycles. The maximum atomic E-state index is 12.7. The SMILES string of the molecule is CC(C)(C)c1ccc(C(=O)C2C3C4CCC(C4)C23)cc1. The van der Waals surface area contributed by atoms with Gasteiger partial charge in [0.15, 0.2) is 5.78 Å². The number of rotatable bonds is 2. The van der Waals surface area contributed by atoms with Crippen molar-refractivity contribution in [3.63, 3.8) is 0 Å². The average molecular weight is 268 g/mol. The van der Waals surface area contributed by atoms with Crippen LogP contribution in [0.15, 0.2) is 24.3 Å². The summed E-state index contributed by atoms with van der Waals surface area (Å²) >= 11 is 0. The smallest absolute Gasteiger partial charge is 0.166 e. The molecular weight excluding hydrogens is 244 g/mol. The first-order valence-electron chi connectivity index (χ1n) is 8.11. The maximum absolute atomic E-state index is 12.7. The minimum atomic E-state index is 0.163. The molecule has 1 aromatic rings. The molecule has 1 nitrogen and oxygen atoms in total. The lowest BCUT2D eigenvalue weighted by Crippen LogP contribution is -2.13. The minimum absolute atomic E-state index is 0.163. The fourth-order valence-electron chi connectivity index (χ4n) is 5.00. The van der Waals surface area contributed by atoms with Gasteiger partial charge in [-0.1, -0.05) is 45.0 Å². The van der Waals surface area contributed by atoms with Gasteiger partial charge in [-0.05, 0) is 53.9 Å². The molecule has 3 saturated carbocycles. The Hall–Kier alpha value is -1.11. The zero-order valence-electron chi connectivity index (χ0n) is 12.7. The van der Waals surface area contributed by atoms with E-state index in [0.29, 0.717) is 11.7 Å². The summed E-state index contributed by atoms with van der Waals surface area (Å²) in [6.45, 7) is 6.65. The molecule has 20 heavy (non-hydrogen) atoms. The Kier molecular flexibility index (Phi) is 2.50. The fourth-order valence-corrected chi connectivity index (χ4v) is 5.00. The van der Waals surface area contributed by atoms with E-state index in [9.17, 15) is 4.79 Å². The summed E-state index contributed by atoms with van der Waals surface area (Å²) in [6.07, 6.45) is 4.19. The highest BCUT2D eigenvalue weighted by Crippen LogP contribution is 2.69. The van der Waals surface area contributed by atoms with E-state index in [1.54, 1.807) is 0 Å². The Morgan fingerprint density at radius 1 is 1.00 bits per heavy atom. The summed E-state index contributed by atoms with van der Waals surface area (Å²) in [5.74, 6) is 4.08. The van der Waals surface area contributed by atoms with Crippen molar-refractivity contribution >= 4 is 5.78 Å². The average Bonchev–Trinajstić information content (AvgIpc) is 2.84. The Morgan fingerprint density at radius 2 is 1.55 bits per heavy atom. The van der Waals surface area contributed by atoms with Crippen molar-refractivity contribution in [3.05, 3.63) is 35.4 Å². The van der Waals surface area contributed by atoms with Gasteiger partial charge in [-0.15, -0.1) is 0 Å². The van der Waals surface area contributed by atoms with E-state index in [1.807, 2.05) is 0 Å². The second-order valence-corrected chi connectivity index (χ2v) is 8.21. The zero-order chi connectivity index (χ0) is 14.1. The van der Waals surface area contributed by atoms with Gasteiger partial charge in [0.2, 0.25) is 0 Å². The highest BCUT2D eigenvalue weighted by Gasteiger charge is 2.67. The van der Waals surface area contributed by atoms with Crippen molar-refractivity contribution in [2.75, 3.05) is 0 Å². The third kappa shape index (κ3) is 1.71. The van der Waals surface area contributed by atoms with Gasteiger partial charge in [0.1, 0.15) is 0 Å². The molecule has 3 fully saturated rings. The number of carbonyl (C=O) groups excluding carboxylic acids is 1. The van der Waals surface area contributed by atoms with E-state index in [2.05, 4.69) is 45.0 Å². The van der Waals surface area contributed by atoms with Crippen molar-refractivity contribution in [1.29, 1.82) is 0 Å². The van der Waals surface area contributed by atoms with Crippen LogP contribution >= 0.6 is 0 Å². The number of hydrogen-bond acceptors (Lipinski definition) is 1. The predicted molar refractivity (Wildman–Crippen MR) is 80.8 cm³/mol. The molecule has 4 rings (SSSR count). The number of ketones is 1. The Balaban J connectivity index is 1.53. The lowest BCUT2D eigenvalue weighted by atomic mass is 9.86. The summed E-state index contributed by atoms with van der Waals surface area (Å²) in [5, 5.41) is 0. The van der Waals surface area contributed by atoms with E-state index in [-0.39, 0.29) is 5.41 Å². The fraction of sp³-hybridized carbons (Fsp3) is 0.632. The normalized spacial score (nSPS) is 37.9. The van der Waals surface area contributed by atoms with Crippen LogP contribution in [0.2, 0.25) is 0 Å². The minimum Gasteiger partial charge on any atom is -0.294 e. The van der Waals surface area contributed by atoms with E-state index in [0.717, 1.165) is 29.2 Å². The molecule has 106 valence electrons. The van der Waals surface area contributed by atoms with Crippen molar-refractivity contribution in [3.8, 4) is 0 Å². The Labute approximate surface area is 121 Å². The second kappa shape index (κ2) is 3.96. The lowest BCUT2D eigenvalue weighted by molar-refractivity contribution is 0.0944. The highest BCUT2D eigenvalue weighted by atomic mass is 16.1. The quantitative estimate of drug-likeness (QED) is 0.724. The molecular formula is C19H24O. The van der Waals surface area contributed by atoms with Gasteiger partial charge in [-0.2, -0.15) is 0 Å². The molecule has 0 aliphatic heterocycles. The summed E-state index contributed by atoms with van der Waals surface area (Å²) in [5.41, 5.74) is 2.42. The lowest BCUT2D eigenvalue weighted by Gasteiger charge is -2.19. The number of fused-ring (bicyclic) bond motifs is 5. The third-order valence-corrected chi connectivity index (χ3v) is 6.07. The van der Waals surface area contributed by atoms with Crippen LogP contribution in [0.3, 0.4) is 0 Å². The van der Waals surface area contributed by atoms with Crippen molar-refractivity contribution in [1.82, 2.24) is 0 Å². The van der Waals surface area contributed by atoms with Gasteiger partial charge in [0.25, 0.3) is 0 Å². The molecule has 4 unspecified atom stereocenters. The first-order chi connectivity index (χ1) is 9.47. The topological polar surface area (TPSA) is 17.1 Å². The zero-order valence-corrected chi connectivity index (χ0v) is 12.7. The van der Waals surface area contributed by atoms with E-state index in [1.165, 1.54) is 24.8 Å². The van der Waals surface area contributed by atoms with Gasteiger partial charge in [-0.25, -0.2) is 0 Å². The van der Waals surface area contributed by atoms with Crippen molar-refractivity contribution in [2.45, 2.75) is 45.4 Å². The molecule has 4 atom stereocenters. The van der Waals surface area contributed by atoms with Crippen molar-refractivity contribution < 1.29 is 4.79 Å². The highest BCUT2D eigenvalue weighted by molar-refractivity contribution is 6.00. The van der Waals surface area contributed by atoms with Crippen LogP contribution in [0, 0.1) is 29.6 Å². The maximum Gasteiger partial charge on any atom is 0.166 e. The third-order valence-electron chi connectivity index (χ3n) is 6.07. The molecule has 3 aliphatic rings. The first-order valence-corrected chi connectivity index (χ1v) is 8.11. The molecule has 1 heteroatoms. The van der Waals surface area contributed by atoms with E-state index < -0.39 is 0 Å². The van der Waals surface area contributed by atoms with Crippen LogP contribution in [0.5, 0.6) is 0 Å². The number of Topliss-reactive ketones (excluding diaryl/α,β-unsaturated/α-hetero) is 1. The van der Waals surface area contributed by atoms with Crippen LogP contribution in [0.1, 0.15) is 56.0 Å². The standard InChI is InChI=1S/C19H24O/c1-19(2,3)14-8-6-11(7-9-14)18(20)17-15-12-4-5-13(10-12)16(15)17/h6-9,12-13,15-17H,4-5,10H2,1-3H3. The molecule has 0 amide bonds. The molecule has 2 bridgehead atoms. The molecule has 0 radical (unpaired) electrons. The summed E-state index contributed by atoms with van der Waals surface area (Å²) in [4.78, 5) is 12.7. The Bertz CT molecular complexity index is 532. The number of benzene rings is 1. The molecule has 3 aliphatic carbocycles. The summed E-state index contributed by atoms with van der Waals surface area (Å²) in [7, 11) is 0. The van der Waals surface area contributed by atoms with Crippen LogP contribution in [-0.2, 0) is 5.41 Å². The van der Waals surface area contributed by atoms with Gasteiger partial charge in [0.05, 0.1) is 0 Å². The van der Waals surface area contributed by atoms with E-state index >= 15 is 0 Å².